The zero-order valence-corrected chi connectivity index (χ0v) is 25.5. The lowest BCUT2D eigenvalue weighted by atomic mass is 10.0. The smallest absolute Gasteiger partial charge is 0.138 e. The average molecular weight is 622 g/mol. The molecule has 0 spiro atoms. The van der Waals surface area contributed by atoms with Gasteiger partial charge in [-0.1, -0.05) is 97.1 Å². The molecular weight excluding hydrogens is 596 g/mol. The molecule has 226 valence electrons. The van der Waals surface area contributed by atoms with Crippen molar-refractivity contribution in [1.82, 2.24) is 14.0 Å². The molecule has 3 nitrogen and oxygen atoms in total. The summed E-state index contributed by atoms with van der Waals surface area (Å²) < 4.78 is 33.7. The van der Waals surface area contributed by atoms with E-state index in [9.17, 15) is 8.78 Å². The van der Waals surface area contributed by atoms with E-state index in [1.165, 1.54) is 40.4 Å². The molecule has 0 atom stereocenters. The molecule has 5 heteroatoms. The number of rotatable bonds is 3. The summed E-state index contributed by atoms with van der Waals surface area (Å²) in [6.45, 7) is 0. The van der Waals surface area contributed by atoms with Crippen molar-refractivity contribution in [1.29, 1.82) is 0 Å². The predicted octanol–water partition coefficient (Wildman–Crippen LogP) is 11.5. The van der Waals surface area contributed by atoms with Crippen molar-refractivity contribution in [2.45, 2.75) is 0 Å². The highest BCUT2D eigenvalue weighted by Gasteiger charge is 2.21. The first-order valence-electron chi connectivity index (χ1n) is 15.9. The number of aromatic nitrogens is 3. The first kappa shape index (κ1) is 26.8. The second-order valence-electron chi connectivity index (χ2n) is 12.3. The largest absolute Gasteiger partial charge is 0.307 e. The summed E-state index contributed by atoms with van der Waals surface area (Å²) in [6, 6.07) is 49.1. The number of nitrogens with zero attached hydrogens (tertiary/aromatic N) is 3. The fraction of sp³-hybridized carbons (Fsp3) is 0. The second kappa shape index (κ2) is 10.1. The molecule has 0 amide bonds. The Morgan fingerprint density at radius 3 is 1.79 bits per heavy atom. The Balaban J connectivity index is 1.41. The van der Waals surface area contributed by atoms with Crippen LogP contribution in [0.25, 0.3) is 88.1 Å². The quantitative estimate of drug-likeness (QED) is 0.180. The van der Waals surface area contributed by atoms with E-state index in [1.807, 2.05) is 30.3 Å². The van der Waals surface area contributed by atoms with Gasteiger partial charge in [0.25, 0.3) is 0 Å². The lowest BCUT2D eigenvalue weighted by molar-refractivity contribution is 0.628. The second-order valence-corrected chi connectivity index (χ2v) is 12.3. The van der Waals surface area contributed by atoms with Crippen molar-refractivity contribution in [2.75, 3.05) is 0 Å². The normalized spacial score (nSPS) is 12.0. The first-order chi connectivity index (χ1) is 23.6. The molecule has 4 aromatic heterocycles. The van der Waals surface area contributed by atoms with Crippen LogP contribution in [0.3, 0.4) is 0 Å². The summed E-state index contributed by atoms with van der Waals surface area (Å²) in [4.78, 5) is 5.21. The van der Waals surface area contributed by atoms with Gasteiger partial charge in [-0.25, -0.2) is 13.8 Å². The maximum absolute atomic E-state index is 14.6. The third-order valence-electron chi connectivity index (χ3n) is 9.56. The number of halogens is 2. The molecule has 0 aliphatic heterocycles. The number of benzene rings is 6. The van der Waals surface area contributed by atoms with Crippen LogP contribution in [0.2, 0.25) is 0 Å². The maximum Gasteiger partial charge on any atom is 0.138 e. The van der Waals surface area contributed by atoms with Gasteiger partial charge in [-0.15, -0.1) is 0 Å². The van der Waals surface area contributed by atoms with Crippen LogP contribution in [-0.2, 0) is 0 Å². The van der Waals surface area contributed by atoms with Gasteiger partial charge in [-0.05, 0) is 71.1 Å². The fourth-order valence-corrected chi connectivity index (χ4v) is 7.52. The van der Waals surface area contributed by atoms with E-state index in [1.54, 1.807) is 12.1 Å². The number of pyridine rings is 2. The Hall–Kier alpha value is -6.33. The summed E-state index contributed by atoms with van der Waals surface area (Å²) in [7, 11) is 0. The third-order valence-corrected chi connectivity index (χ3v) is 9.56. The minimum absolute atomic E-state index is 0.324. The molecule has 0 bridgehead atoms. The van der Waals surface area contributed by atoms with Crippen molar-refractivity contribution in [3.63, 3.8) is 0 Å². The summed E-state index contributed by atoms with van der Waals surface area (Å²) in [6.07, 6.45) is 0. The van der Waals surface area contributed by atoms with Gasteiger partial charge in [0.2, 0.25) is 0 Å². The Labute approximate surface area is 273 Å². The van der Waals surface area contributed by atoms with Gasteiger partial charge < -0.3 is 4.40 Å². The highest BCUT2D eigenvalue weighted by atomic mass is 19.1. The van der Waals surface area contributed by atoms with Crippen molar-refractivity contribution in [3.8, 4) is 28.2 Å². The van der Waals surface area contributed by atoms with E-state index in [2.05, 4.69) is 93.9 Å². The fourth-order valence-electron chi connectivity index (χ4n) is 7.52. The Bertz CT molecular complexity index is 2870. The Morgan fingerprint density at radius 1 is 0.417 bits per heavy atom. The van der Waals surface area contributed by atoms with E-state index >= 15 is 0 Å². The molecule has 0 unspecified atom stereocenters. The van der Waals surface area contributed by atoms with E-state index in [-0.39, 0.29) is 11.6 Å². The van der Waals surface area contributed by atoms with Gasteiger partial charge in [-0.3, -0.25) is 4.57 Å². The number of fused-ring (bicyclic) bond motifs is 12. The van der Waals surface area contributed by atoms with Gasteiger partial charge in [0.1, 0.15) is 17.5 Å². The first-order valence-corrected chi connectivity index (χ1v) is 15.9. The monoisotopic (exact) mass is 621 g/mol. The van der Waals surface area contributed by atoms with Crippen LogP contribution in [0, 0.1) is 11.6 Å². The lowest BCUT2D eigenvalue weighted by Crippen LogP contribution is -2.01. The minimum Gasteiger partial charge on any atom is -0.307 e. The molecule has 0 aliphatic carbocycles. The lowest BCUT2D eigenvalue weighted by Gasteiger charge is -2.14. The van der Waals surface area contributed by atoms with Crippen molar-refractivity contribution >= 4 is 59.9 Å². The predicted molar refractivity (Wildman–Crippen MR) is 193 cm³/mol. The van der Waals surface area contributed by atoms with E-state index in [0.717, 1.165) is 49.3 Å². The van der Waals surface area contributed by atoms with Crippen LogP contribution in [0.5, 0.6) is 0 Å². The number of hydrogen-bond acceptors (Lipinski definition) is 1. The Morgan fingerprint density at radius 2 is 1.04 bits per heavy atom. The third kappa shape index (κ3) is 3.88. The van der Waals surface area contributed by atoms with Crippen LogP contribution in [0.1, 0.15) is 0 Å². The Kier molecular flexibility index (Phi) is 5.64. The summed E-state index contributed by atoms with van der Waals surface area (Å²) in [5.74, 6) is -0.00499. The van der Waals surface area contributed by atoms with Crippen LogP contribution in [-0.4, -0.2) is 14.0 Å². The van der Waals surface area contributed by atoms with Gasteiger partial charge in [0.15, 0.2) is 0 Å². The van der Waals surface area contributed by atoms with E-state index < -0.39 is 0 Å². The zero-order chi connectivity index (χ0) is 31.9. The summed E-state index contributed by atoms with van der Waals surface area (Å²) in [5.41, 5.74) is 8.08. The van der Waals surface area contributed by atoms with Gasteiger partial charge in [0, 0.05) is 32.5 Å². The molecule has 0 aliphatic rings. The minimum atomic E-state index is -0.343. The molecule has 0 saturated heterocycles. The summed E-state index contributed by atoms with van der Waals surface area (Å²) in [5, 5.41) is 6.88. The van der Waals surface area contributed by atoms with Gasteiger partial charge in [-0.2, -0.15) is 0 Å². The van der Waals surface area contributed by atoms with Gasteiger partial charge in [0.05, 0.1) is 33.3 Å². The van der Waals surface area contributed by atoms with Crippen molar-refractivity contribution in [3.05, 3.63) is 163 Å². The highest BCUT2D eigenvalue weighted by Crippen LogP contribution is 2.41. The molecule has 10 aromatic rings. The highest BCUT2D eigenvalue weighted by molar-refractivity contribution is 6.22. The SMILES string of the molecule is Fc1cccc(-c2cc(-c3cccc(F)c3)nc(-n3c4ccccc4c4ccc5cc6c7ccccc7c7ccccc7n6c5c43)c2)c1. The topological polar surface area (TPSA) is 22.2 Å². The van der Waals surface area contributed by atoms with Crippen LogP contribution < -0.4 is 0 Å². The molecule has 4 heterocycles. The number of hydrogen-bond donors (Lipinski definition) is 0. The zero-order valence-electron chi connectivity index (χ0n) is 25.5. The molecule has 0 N–H and O–H groups in total. The van der Waals surface area contributed by atoms with Crippen molar-refractivity contribution < 1.29 is 8.78 Å². The molecular formula is C43H25F2N3. The standard InChI is InChI=1S/C43H25F2N3/c44-30-11-7-9-26(21-30)29-23-37(27-10-8-12-31(45)22-27)46-41(25-29)48-39-18-6-4-16-35(39)36-20-19-28-24-40-34-15-2-1-13-32(34)33-14-3-5-17-38(33)47(40)42(28)43(36)48/h1-25H. The summed E-state index contributed by atoms with van der Waals surface area (Å²) >= 11 is 0. The van der Waals surface area contributed by atoms with Gasteiger partial charge >= 0.3 is 0 Å². The molecule has 6 aromatic carbocycles. The average Bonchev–Trinajstić information content (AvgIpc) is 3.68. The van der Waals surface area contributed by atoms with Crippen molar-refractivity contribution in [2.24, 2.45) is 0 Å². The van der Waals surface area contributed by atoms with Crippen LogP contribution in [0.15, 0.2) is 152 Å². The van der Waals surface area contributed by atoms with Crippen LogP contribution in [0.4, 0.5) is 8.78 Å². The molecule has 0 fully saturated rings. The van der Waals surface area contributed by atoms with Crippen LogP contribution >= 0.6 is 0 Å². The van der Waals surface area contributed by atoms with E-state index in [4.69, 9.17) is 4.98 Å². The maximum atomic E-state index is 14.6. The number of para-hydroxylation sites is 2. The molecule has 0 radical (unpaired) electrons. The molecule has 10 rings (SSSR count). The molecule has 0 saturated carbocycles. The molecule has 48 heavy (non-hydrogen) atoms. The van der Waals surface area contributed by atoms with E-state index in [0.29, 0.717) is 22.6 Å².